The van der Waals surface area contributed by atoms with E-state index >= 15 is 4.79 Å². The molecule has 13 heteroatoms. The van der Waals surface area contributed by atoms with E-state index in [4.69, 9.17) is 13.9 Å². The lowest BCUT2D eigenvalue weighted by atomic mass is 9.74. The zero-order valence-corrected chi connectivity index (χ0v) is 32.5. The molecule has 3 aliphatic rings. The number of phenols is 1. The molecule has 10 unspecified atom stereocenters. The summed E-state index contributed by atoms with van der Waals surface area (Å²) in [5.74, 6) is -2.24. The number of carbonyl (C=O) groups excluding carboxylic acids is 2. The average Bonchev–Trinajstić information content (AvgIpc) is 3.09. The normalized spacial score (nSPS) is 30.6. The van der Waals surface area contributed by atoms with Crippen LogP contribution in [-0.2, 0) is 15.1 Å². The van der Waals surface area contributed by atoms with Crippen molar-refractivity contribution in [3.05, 3.63) is 85.3 Å². The third kappa shape index (κ3) is 6.15. The summed E-state index contributed by atoms with van der Waals surface area (Å²) in [7, 11) is 7.34. The first-order chi connectivity index (χ1) is 25.2. The fraction of sp³-hybridized carbons (Fsp3) is 0.537. The van der Waals surface area contributed by atoms with Gasteiger partial charge in [0.15, 0.2) is 11.2 Å². The molecular weight excluding hydrogens is 696 g/mol. The zero-order chi connectivity index (χ0) is 39.9. The van der Waals surface area contributed by atoms with Gasteiger partial charge in [-0.2, -0.15) is 0 Å². The van der Waals surface area contributed by atoms with Gasteiger partial charge in [-0.1, -0.05) is 12.2 Å². The van der Waals surface area contributed by atoms with E-state index in [0.29, 0.717) is 11.1 Å². The van der Waals surface area contributed by atoms with Crippen LogP contribution in [0.25, 0.3) is 11.0 Å². The van der Waals surface area contributed by atoms with Gasteiger partial charge in [0.25, 0.3) is 0 Å². The fourth-order valence-corrected chi connectivity index (χ4v) is 8.43. The average molecular weight is 749 g/mol. The van der Waals surface area contributed by atoms with Crippen LogP contribution in [0.15, 0.2) is 39.6 Å². The van der Waals surface area contributed by atoms with Crippen molar-refractivity contribution in [2.45, 2.75) is 114 Å². The van der Waals surface area contributed by atoms with E-state index in [9.17, 15) is 35.1 Å². The Balaban J connectivity index is 1.64. The van der Waals surface area contributed by atoms with Gasteiger partial charge in [0, 0.05) is 34.3 Å². The number of ether oxygens (including phenoxy) is 2. The van der Waals surface area contributed by atoms with Crippen molar-refractivity contribution in [2.75, 3.05) is 28.2 Å². The van der Waals surface area contributed by atoms with Crippen LogP contribution in [0.4, 0.5) is 0 Å². The highest BCUT2D eigenvalue weighted by molar-refractivity contribution is 6.33. The Morgan fingerprint density at radius 3 is 2.20 bits per heavy atom. The van der Waals surface area contributed by atoms with Crippen molar-refractivity contribution in [3.8, 4) is 5.75 Å². The zero-order valence-electron chi connectivity index (χ0n) is 32.5. The molecule has 0 bridgehead atoms. The van der Waals surface area contributed by atoms with Crippen LogP contribution in [0.1, 0.15) is 114 Å². The number of aliphatic hydroxyl groups is 4. The first kappa shape index (κ1) is 39.9. The Morgan fingerprint density at radius 1 is 0.944 bits per heavy atom. The summed E-state index contributed by atoms with van der Waals surface area (Å²) in [6.45, 7) is 9.87. The van der Waals surface area contributed by atoms with Crippen LogP contribution in [0.3, 0.4) is 0 Å². The molecule has 3 heterocycles. The molecule has 6 rings (SSSR count). The number of allylic oxidation sites excluding steroid dienone is 1. The lowest BCUT2D eigenvalue weighted by Crippen LogP contribution is -2.59. The molecule has 13 nitrogen and oxygen atoms in total. The molecule has 3 aromatic rings. The van der Waals surface area contributed by atoms with Crippen molar-refractivity contribution < 1.29 is 49.0 Å². The minimum Gasteiger partial charge on any atom is -0.507 e. The standard InChI is InChI=1S/C41H52N2O11/c1-11-12-28(45)41(6,51)29-16-25(44)30-18(2)13-23-32(38(30)54-29)37(49)33-31(36(23)48)21(26-15-24(42(7)8)34(46)19(3)52-26)14-22(35(33)47)27-17-40(5,43(9)10)39(50)20(4)53-27/h11-14,16,19-20,24,26-28,34,39,45-47,50-51H,15,17H2,1-10H3. The van der Waals surface area contributed by atoms with Gasteiger partial charge in [0.2, 0.25) is 5.78 Å². The third-order valence-electron chi connectivity index (χ3n) is 12.1. The maximum absolute atomic E-state index is 15.0. The molecule has 2 aliphatic heterocycles. The Hall–Kier alpha value is -3.79. The molecule has 0 amide bonds. The van der Waals surface area contributed by atoms with Crippen LogP contribution in [0.5, 0.6) is 5.75 Å². The van der Waals surface area contributed by atoms with Crippen LogP contribution in [0.2, 0.25) is 0 Å². The first-order valence-electron chi connectivity index (χ1n) is 18.3. The number of ketones is 2. The van der Waals surface area contributed by atoms with Crippen LogP contribution < -0.4 is 5.43 Å². The Bertz CT molecular complexity index is 2100. The number of carbonyl (C=O) groups is 2. The van der Waals surface area contributed by atoms with Gasteiger partial charge in [-0.25, -0.2) is 0 Å². The van der Waals surface area contributed by atoms with Gasteiger partial charge in [-0.15, -0.1) is 0 Å². The van der Waals surface area contributed by atoms with Crippen molar-refractivity contribution in [2.24, 2.45) is 0 Å². The Labute approximate surface area is 314 Å². The molecule has 5 N–H and O–H groups in total. The largest absolute Gasteiger partial charge is 0.507 e. The predicted octanol–water partition coefficient (Wildman–Crippen LogP) is 3.40. The van der Waals surface area contributed by atoms with Crippen molar-refractivity contribution >= 4 is 22.5 Å². The smallest absolute Gasteiger partial charge is 0.202 e. The lowest BCUT2D eigenvalue weighted by molar-refractivity contribution is -0.176. The number of phenolic OH excluding ortho intramolecular Hbond substituents is 1. The van der Waals surface area contributed by atoms with E-state index in [0.717, 1.165) is 6.07 Å². The fourth-order valence-electron chi connectivity index (χ4n) is 8.43. The monoisotopic (exact) mass is 748 g/mol. The van der Waals surface area contributed by atoms with Crippen molar-refractivity contribution in [1.82, 2.24) is 9.80 Å². The summed E-state index contributed by atoms with van der Waals surface area (Å²) in [6.07, 6.45) is -2.90. The number of aliphatic hydroxyl groups excluding tert-OH is 3. The highest BCUT2D eigenvalue weighted by Crippen LogP contribution is 2.49. The molecule has 2 fully saturated rings. The molecule has 1 aliphatic carbocycles. The van der Waals surface area contributed by atoms with E-state index in [1.807, 2.05) is 44.9 Å². The maximum Gasteiger partial charge on any atom is 0.202 e. The summed E-state index contributed by atoms with van der Waals surface area (Å²) < 4.78 is 18.9. The SMILES string of the molecule is CC=CC(O)C(C)(O)c1cc(=O)c2c(C)cc3c(c2o1)C(=O)c1c(O)c(C2CC(C)(N(C)C)C(O)C(C)O2)cc(C2CC(N(C)C)C(O)C(C)O2)c1C3=O. The Kier molecular flexibility index (Phi) is 10.4. The molecule has 0 spiro atoms. The topological polar surface area (TPSA) is 190 Å². The number of aromatic hydroxyl groups is 1. The van der Waals surface area contributed by atoms with Crippen LogP contribution in [0, 0.1) is 6.92 Å². The molecule has 10 atom stereocenters. The summed E-state index contributed by atoms with van der Waals surface area (Å²) in [4.78, 5) is 47.4. The molecule has 0 radical (unpaired) electrons. The number of fused-ring (bicyclic) bond motifs is 4. The second kappa shape index (κ2) is 14.1. The maximum atomic E-state index is 15.0. The first-order valence-corrected chi connectivity index (χ1v) is 18.3. The van der Waals surface area contributed by atoms with Crippen molar-refractivity contribution in [1.29, 1.82) is 0 Å². The minimum absolute atomic E-state index is 0.00159. The number of benzene rings is 2. The van der Waals surface area contributed by atoms with E-state index in [2.05, 4.69) is 0 Å². The van der Waals surface area contributed by atoms with Gasteiger partial charge in [0.05, 0.1) is 53.1 Å². The third-order valence-corrected chi connectivity index (χ3v) is 12.1. The molecule has 1 aromatic heterocycles. The highest BCUT2D eigenvalue weighted by atomic mass is 16.5. The van der Waals surface area contributed by atoms with Gasteiger partial charge >= 0.3 is 0 Å². The number of nitrogens with zero attached hydrogens (tertiary/aromatic N) is 2. The summed E-state index contributed by atoms with van der Waals surface area (Å²) >= 11 is 0. The minimum atomic E-state index is -2.10. The van der Waals surface area contributed by atoms with Crippen molar-refractivity contribution in [3.63, 3.8) is 0 Å². The van der Waals surface area contributed by atoms with Gasteiger partial charge in [-0.3, -0.25) is 14.4 Å². The summed E-state index contributed by atoms with van der Waals surface area (Å²) in [5, 5.41) is 56.6. The Morgan fingerprint density at radius 2 is 1.59 bits per heavy atom. The van der Waals surface area contributed by atoms with E-state index in [1.54, 1.807) is 33.8 Å². The second-order valence-electron chi connectivity index (χ2n) is 16.0. The van der Waals surface area contributed by atoms with E-state index in [1.165, 1.54) is 25.1 Å². The number of rotatable bonds is 7. The molecule has 54 heavy (non-hydrogen) atoms. The van der Waals surface area contributed by atoms with E-state index in [-0.39, 0.29) is 63.4 Å². The quantitative estimate of drug-likeness (QED) is 0.173. The van der Waals surface area contributed by atoms with E-state index < -0.39 is 76.6 Å². The number of hydrogen-bond donors (Lipinski definition) is 5. The van der Waals surface area contributed by atoms with Gasteiger partial charge in [0.1, 0.15) is 28.8 Å². The number of likely N-dealkylation sites (N-methyl/N-ethyl adjacent to an activating group) is 2. The molecule has 0 saturated carbocycles. The highest BCUT2D eigenvalue weighted by Gasteiger charge is 2.49. The molecule has 2 aromatic carbocycles. The van der Waals surface area contributed by atoms with Crippen LogP contribution >= 0.6 is 0 Å². The van der Waals surface area contributed by atoms with Gasteiger partial charge < -0.3 is 49.2 Å². The lowest BCUT2D eigenvalue weighted by Gasteiger charge is -2.49. The summed E-state index contributed by atoms with van der Waals surface area (Å²) in [5.41, 5.74) is -3.64. The predicted molar refractivity (Wildman–Crippen MR) is 200 cm³/mol. The second-order valence-corrected chi connectivity index (χ2v) is 16.0. The number of aryl methyl sites for hydroxylation is 1. The molecule has 292 valence electrons. The molecule has 2 saturated heterocycles. The molecular formula is C41H52N2O11. The van der Waals surface area contributed by atoms with Crippen LogP contribution in [-0.4, -0.2) is 117 Å². The van der Waals surface area contributed by atoms with Gasteiger partial charge in [-0.05, 0) is 106 Å². The number of hydrogen-bond acceptors (Lipinski definition) is 13. The summed E-state index contributed by atoms with van der Waals surface area (Å²) in [6, 6.07) is 3.77.